The van der Waals surface area contributed by atoms with Crippen LogP contribution in [0.1, 0.15) is 5.56 Å². The van der Waals surface area contributed by atoms with Crippen molar-refractivity contribution in [2.45, 2.75) is 4.90 Å². The third kappa shape index (κ3) is 1.18. The summed E-state index contributed by atoms with van der Waals surface area (Å²) in [5.41, 5.74) is 1.09. The molecular formula is C10H10N2S. The van der Waals surface area contributed by atoms with Crippen LogP contribution in [0.2, 0.25) is 0 Å². The molecule has 0 bridgehead atoms. The van der Waals surface area contributed by atoms with Crippen LogP contribution in [0.25, 0.3) is 6.08 Å². The summed E-state index contributed by atoms with van der Waals surface area (Å²) in [7, 11) is -1.89. The van der Waals surface area contributed by atoms with Crippen LogP contribution in [0.5, 0.6) is 0 Å². The standard InChI is InChI=1S/C10H10N2S/c1-2-13(11)10-6-4-3-5-9(10)7-8-12-13/h3-8H,1H2,(H2,11,12). The molecule has 0 aliphatic carbocycles. The minimum absolute atomic E-state index is 0.979. The minimum atomic E-state index is -1.89. The zero-order chi connectivity index (χ0) is 9.31. The average Bonchev–Trinajstić information content (AvgIpc) is 2.19. The van der Waals surface area contributed by atoms with E-state index in [0.29, 0.717) is 0 Å². The fourth-order valence-corrected chi connectivity index (χ4v) is 2.72. The maximum atomic E-state index is 8.10. The van der Waals surface area contributed by atoms with Crippen molar-refractivity contribution in [2.24, 2.45) is 0 Å². The van der Waals surface area contributed by atoms with Crippen LogP contribution in [0.4, 0.5) is 0 Å². The van der Waals surface area contributed by atoms with Crippen molar-refractivity contribution < 1.29 is 0 Å². The highest BCUT2D eigenvalue weighted by atomic mass is 32.2. The first-order valence-corrected chi connectivity index (χ1v) is 5.54. The van der Waals surface area contributed by atoms with Crippen LogP contribution < -0.4 is 4.72 Å². The Bertz CT molecular complexity index is 501. The van der Waals surface area contributed by atoms with Gasteiger partial charge in [-0.3, -0.25) is 4.78 Å². The Balaban J connectivity index is 2.85. The molecule has 0 aromatic heterocycles. The third-order valence-corrected chi connectivity index (χ3v) is 3.93. The summed E-state index contributed by atoms with van der Waals surface area (Å²) in [5.74, 6) is 0. The molecule has 1 aliphatic heterocycles. The fraction of sp³-hybridized carbons (Fsp3) is 0. The van der Waals surface area contributed by atoms with E-state index in [0.717, 1.165) is 10.5 Å². The Kier molecular flexibility index (Phi) is 1.76. The predicted molar refractivity (Wildman–Crippen MR) is 57.6 cm³/mol. The first-order valence-electron chi connectivity index (χ1n) is 3.91. The van der Waals surface area contributed by atoms with E-state index in [1.165, 1.54) is 0 Å². The van der Waals surface area contributed by atoms with Gasteiger partial charge in [0.15, 0.2) is 0 Å². The summed E-state index contributed by atoms with van der Waals surface area (Å²) in [6.07, 6.45) is 3.76. The Morgan fingerprint density at radius 2 is 2.15 bits per heavy atom. The van der Waals surface area contributed by atoms with Gasteiger partial charge in [0.2, 0.25) is 0 Å². The molecule has 2 rings (SSSR count). The fourth-order valence-electron chi connectivity index (χ4n) is 1.31. The van der Waals surface area contributed by atoms with E-state index in [1.54, 1.807) is 6.20 Å². The molecule has 0 fully saturated rings. The first-order chi connectivity index (χ1) is 6.26. The van der Waals surface area contributed by atoms with Crippen molar-refractivity contribution in [3.8, 4) is 0 Å². The Labute approximate surface area is 78.2 Å². The van der Waals surface area contributed by atoms with Crippen LogP contribution >= 0.6 is 0 Å². The molecule has 66 valence electrons. The number of fused-ring (bicyclic) bond motifs is 1. The second kappa shape index (κ2) is 2.80. The molecule has 2 nitrogen and oxygen atoms in total. The Morgan fingerprint density at radius 3 is 2.92 bits per heavy atom. The van der Waals surface area contributed by atoms with Gasteiger partial charge in [-0.05, 0) is 24.3 Å². The molecule has 0 saturated heterocycles. The van der Waals surface area contributed by atoms with E-state index in [1.807, 2.05) is 30.3 Å². The van der Waals surface area contributed by atoms with Crippen molar-refractivity contribution in [2.75, 3.05) is 0 Å². The van der Waals surface area contributed by atoms with Crippen molar-refractivity contribution in [1.29, 1.82) is 4.78 Å². The van der Waals surface area contributed by atoms with Gasteiger partial charge in [-0.2, -0.15) is 0 Å². The maximum absolute atomic E-state index is 8.10. The highest BCUT2D eigenvalue weighted by Gasteiger charge is 2.10. The summed E-state index contributed by atoms with van der Waals surface area (Å²) in [5, 5.41) is 2.77. The van der Waals surface area contributed by atoms with E-state index in [9.17, 15) is 0 Å². The molecule has 0 amide bonds. The van der Waals surface area contributed by atoms with Gasteiger partial charge < -0.3 is 4.72 Å². The van der Waals surface area contributed by atoms with Gasteiger partial charge in [0.25, 0.3) is 0 Å². The lowest BCUT2D eigenvalue weighted by molar-refractivity contribution is 1.27. The zero-order valence-corrected chi connectivity index (χ0v) is 7.90. The SMILES string of the molecule is C=C=S1(=N)NC=Cc2ccccc21. The number of nitrogens with one attached hydrogen (secondary N) is 2. The molecule has 1 aromatic rings. The molecule has 13 heavy (non-hydrogen) atoms. The zero-order valence-electron chi connectivity index (χ0n) is 7.08. The van der Waals surface area contributed by atoms with Crippen molar-refractivity contribution >= 4 is 20.7 Å². The van der Waals surface area contributed by atoms with Crippen molar-refractivity contribution in [3.05, 3.63) is 42.6 Å². The van der Waals surface area contributed by atoms with E-state index >= 15 is 0 Å². The average molecular weight is 190 g/mol. The molecule has 0 saturated carbocycles. The van der Waals surface area contributed by atoms with Gasteiger partial charge in [-0.15, -0.1) is 0 Å². The van der Waals surface area contributed by atoms with Gasteiger partial charge >= 0.3 is 0 Å². The molecule has 1 heterocycles. The van der Waals surface area contributed by atoms with Crippen LogP contribution in [-0.4, -0.2) is 5.02 Å². The van der Waals surface area contributed by atoms with E-state index in [-0.39, 0.29) is 0 Å². The van der Waals surface area contributed by atoms with E-state index in [4.69, 9.17) is 4.78 Å². The molecular weight excluding hydrogens is 180 g/mol. The van der Waals surface area contributed by atoms with Crippen molar-refractivity contribution in [1.82, 2.24) is 4.72 Å². The van der Waals surface area contributed by atoms with E-state index in [2.05, 4.69) is 16.3 Å². The number of hydrogen-bond acceptors (Lipinski definition) is 1. The normalized spacial score (nSPS) is 24.3. The molecule has 3 heteroatoms. The summed E-state index contributed by atoms with van der Waals surface area (Å²) in [6, 6.07) is 7.86. The largest absolute Gasteiger partial charge is 0.325 e. The molecule has 2 N–H and O–H groups in total. The predicted octanol–water partition coefficient (Wildman–Crippen LogP) is 2.04. The quantitative estimate of drug-likeness (QED) is 0.603. The summed E-state index contributed by atoms with van der Waals surface area (Å²) in [4.78, 5) is 0.979. The van der Waals surface area contributed by atoms with E-state index < -0.39 is 9.60 Å². The van der Waals surface area contributed by atoms with Gasteiger partial charge in [0.1, 0.15) is 0 Å². The van der Waals surface area contributed by atoms with Gasteiger partial charge in [0, 0.05) is 20.7 Å². The molecule has 1 aliphatic rings. The van der Waals surface area contributed by atoms with Crippen molar-refractivity contribution in [3.63, 3.8) is 0 Å². The summed E-state index contributed by atoms with van der Waals surface area (Å²) >= 11 is 0. The smallest absolute Gasteiger partial charge is 0.0449 e. The van der Waals surface area contributed by atoms with Crippen LogP contribution in [0.3, 0.4) is 0 Å². The molecule has 1 unspecified atom stereocenters. The highest BCUT2D eigenvalue weighted by Crippen LogP contribution is 2.20. The molecule has 0 radical (unpaired) electrons. The van der Waals surface area contributed by atoms with Crippen LogP contribution in [0.15, 0.2) is 41.9 Å². The number of rotatable bonds is 0. The number of hydrogen-bond donors (Lipinski definition) is 2. The third-order valence-electron chi connectivity index (χ3n) is 1.97. The summed E-state index contributed by atoms with van der Waals surface area (Å²) < 4.78 is 11.1. The monoisotopic (exact) mass is 190 g/mol. The summed E-state index contributed by atoms with van der Waals surface area (Å²) in [6.45, 7) is 3.58. The second-order valence-corrected chi connectivity index (χ2v) is 4.93. The number of benzene rings is 1. The van der Waals surface area contributed by atoms with Gasteiger partial charge in [-0.25, -0.2) is 0 Å². The Hall–Kier alpha value is -1.44. The van der Waals surface area contributed by atoms with Gasteiger partial charge in [-0.1, -0.05) is 23.2 Å². The molecule has 0 spiro atoms. The van der Waals surface area contributed by atoms with Crippen LogP contribution in [0, 0.1) is 4.78 Å². The first kappa shape index (κ1) is 8.17. The lowest BCUT2D eigenvalue weighted by Crippen LogP contribution is -2.20. The van der Waals surface area contributed by atoms with Gasteiger partial charge in [0.05, 0.1) is 0 Å². The lowest BCUT2D eigenvalue weighted by Gasteiger charge is -2.18. The molecule has 1 aromatic carbocycles. The second-order valence-electron chi connectivity index (χ2n) is 2.75. The van der Waals surface area contributed by atoms with Crippen LogP contribution in [-0.2, 0) is 9.60 Å². The molecule has 1 atom stereocenters. The lowest BCUT2D eigenvalue weighted by atomic mass is 10.2. The highest BCUT2D eigenvalue weighted by molar-refractivity contribution is 8.00. The maximum Gasteiger partial charge on any atom is 0.0449 e. The topological polar surface area (TPSA) is 35.9 Å². The minimum Gasteiger partial charge on any atom is -0.325 e. The Morgan fingerprint density at radius 1 is 1.38 bits per heavy atom.